The number of pyridine rings is 1. The molecule has 2 saturated heterocycles. The molecule has 3 heterocycles. The molecule has 2 amide bonds. The van der Waals surface area contributed by atoms with E-state index in [1.54, 1.807) is 6.92 Å². The van der Waals surface area contributed by atoms with E-state index in [-0.39, 0.29) is 35.4 Å². The van der Waals surface area contributed by atoms with Gasteiger partial charge < -0.3 is 9.80 Å². The molecule has 146 valence electrons. The Hall–Kier alpha value is -2.43. The van der Waals surface area contributed by atoms with Crippen molar-refractivity contribution in [3.05, 3.63) is 42.1 Å². The monoisotopic (exact) mass is 377 g/mol. The third-order valence-corrected chi connectivity index (χ3v) is 7.36. The smallest absolute Gasteiger partial charge is 0.272 e. The number of hydrogen-bond acceptors (Lipinski definition) is 3. The highest BCUT2D eigenvalue weighted by atomic mass is 16.2. The van der Waals surface area contributed by atoms with Crippen LogP contribution in [0.1, 0.15) is 56.4 Å². The summed E-state index contributed by atoms with van der Waals surface area (Å²) in [7, 11) is 0. The van der Waals surface area contributed by atoms with Gasteiger partial charge in [-0.25, -0.2) is 4.98 Å². The Labute approximate surface area is 165 Å². The van der Waals surface area contributed by atoms with Crippen molar-refractivity contribution < 1.29 is 9.59 Å². The van der Waals surface area contributed by atoms with Crippen molar-refractivity contribution in [2.45, 2.75) is 64.1 Å². The lowest BCUT2D eigenvalue weighted by Crippen LogP contribution is -2.55. The highest BCUT2D eigenvalue weighted by molar-refractivity contribution is 5.95. The number of piperidine rings is 1. The summed E-state index contributed by atoms with van der Waals surface area (Å²) in [5, 5.41) is 1.04. The molecule has 2 bridgehead atoms. The predicted molar refractivity (Wildman–Crippen MR) is 108 cm³/mol. The fraction of sp³-hybridized carbons (Fsp3) is 0.522. The minimum atomic E-state index is -0.0163. The fourth-order valence-electron chi connectivity index (χ4n) is 6.20. The van der Waals surface area contributed by atoms with Gasteiger partial charge in [0.05, 0.1) is 11.6 Å². The maximum absolute atomic E-state index is 13.6. The first kappa shape index (κ1) is 17.7. The molecule has 2 aromatic rings. The summed E-state index contributed by atoms with van der Waals surface area (Å²) in [4.78, 5) is 34.8. The van der Waals surface area contributed by atoms with E-state index in [9.17, 15) is 9.59 Å². The van der Waals surface area contributed by atoms with Gasteiger partial charge in [-0.3, -0.25) is 9.59 Å². The van der Waals surface area contributed by atoms with E-state index in [2.05, 4.69) is 16.8 Å². The molecule has 5 heteroatoms. The lowest BCUT2D eigenvalue weighted by atomic mass is 9.71. The Morgan fingerprint density at radius 1 is 1.07 bits per heavy atom. The maximum Gasteiger partial charge on any atom is 0.272 e. The summed E-state index contributed by atoms with van der Waals surface area (Å²) >= 11 is 0. The van der Waals surface area contributed by atoms with Gasteiger partial charge in [0.2, 0.25) is 5.91 Å². The van der Waals surface area contributed by atoms with Crippen molar-refractivity contribution >= 4 is 22.7 Å². The molecular weight excluding hydrogens is 350 g/mol. The van der Waals surface area contributed by atoms with E-state index in [0.29, 0.717) is 12.2 Å². The highest BCUT2D eigenvalue weighted by Crippen LogP contribution is 2.53. The molecule has 1 aromatic carbocycles. The average molecular weight is 377 g/mol. The maximum atomic E-state index is 13.6. The highest BCUT2D eigenvalue weighted by Gasteiger charge is 2.60. The van der Waals surface area contributed by atoms with Gasteiger partial charge in [0.15, 0.2) is 0 Å². The van der Waals surface area contributed by atoms with Crippen LogP contribution < -0.4 is 0 Å². The third-order valence-electron chi connectivity index (χ3n) is 7.36. The second kappa shape index (κ2) is 6.29. The Morgan fingerprint density at radius 2 is 1.82 bits per heavy atom. The van der Waals surface area contributed by atoms with E-state index in [1.165, 1.54) is 0 Å². The Morgan fingerprint density at radius 3 is 2.61 bits per heavy atom. The molecule has 0 N–H and O–H groups in total. The molecule has 0 radical (unpaired) electrons. The molecule has 2 aliphatic heterocycles. The van der Waals surface area contributed by atoms with Crippen LogP contribution in [0.5, 0.6) is 0 Å². The number of aromatic nitrogens is 1. The summed E-state index contributed by atoms with van der Waals surface area (Å²) in [6.45, 7) is 4.61. The van der Waals surface area contributed by atoms with Gasteiger partial charge in [-0.15, -0.1) is 0 Å². The third kappa shape index (κ3) is 2.48. The van der Waals surface area contributed by atoms with Crippen LogP contribution in [0.4, 0.5) is 0 Å². The van der Waals surface area contributed by atoms with Crippen LogP contribution in [0.3, 0.4) is 0 Å². The van der Waals surface area contributed by atoms with Crippen LogP contribution in [0.15, 0.2) is 36.4 Å². The summed E-state index contributed by atoms with van der Waals surface area (Å²) in [6, 6.07) is 12.3. The van der Waals surface area contributed by atoms with Crippen LogP contribution in [0, 0.1) is 5.41 Å². The van der Waals surface area contributed by atoms with E-state index in [0.717, 1.165) is 43.0 Å². The average Bonchev–Trinajstić information content (AvgIpc) is 2.80. The van der Waals surface area contributed by atoms with Gasteiger partial charge in [0.1, 0.15) is 5.69 Å². The molecule has 1 aromatic heterocycles. The summed E-state index contributed by atoms with van der Waals surface area (Å²) in [5.41, 5.74) is 1.35. The van der Waals surface area contributed by atoms with Gasteiger partial charge in [-0.2, -0.15) is 0 Å². The second-order valence-corrected chi connectivity index (χ2v) is 8.95. The molecule has 0 unspecified atom stereocenters. The van der Waals surface area contributed by atoms with E-state index >= 15 is 0 Å². The number of carbonyl (C=O) groups is 2. The normalized spacial score (nSPS) is 31.7. The number of carbonyl (C=O) groups excluding carboxylic acids is 2. The predicted octanol–water partition coefficient (Wildman–Crippen LogP) is 3.63. The minimum absolute atomic E-state index is 0.0118. The SMILES string of the molecule is CC(=O)N1[C@@H]2CN(C(=O)c3ccc4ccccc4n3)[C@@H]3CCCC[C@H]1[C@]3(C)C2. The van der Waals surface area contributed by atoms with Crippen LogP contribution in [0.2, 0.25) is 0 Å². The van der Waals surface area contributed by atoms with Gasteiger partial charge in [-0.05, 0) is 31.4 Å². The molecule has 5 rings (SSSR count). The Bertz CT molecular complexity index is 958. The van der Waals surface area contributed by atoms with E-state index in [4.69, 9.17) is 0 Å². The molecule has 3 aliphatic rings. The molecular formula is C23H27N3O2. The number of likely N-dealkylation sites (tertiary alicyclic amines) is 2. The van der Waals surface area contributed by atoms with Crippen molar-refractivity contribution in [2.75, 3.05) is 6.54 Å². The summed E-state index contributed by atoms with van der Waals surface area (Å²) in [6.07, 6.45) is 5.33. The minimum Gasteiger partial charge on any atom is -0.335 e. The quantitative estimate of drug-likeness (QED) is 0.763. The number of hydrogen-bond donors (Lipinski definition) is 0. The molecule has 28 heavy (non-hydrogen) atoms. The van der Waals surface area contributed by atoms with E-state index in [1.807, 2.05) is 41.3 Å². The van der Waals surface area contributed by atoms with Crippen LogP contribution >= 0.6 is 0 Å². The van der Waals surface area contributed by atoms with Gasteiger partial charge >= 0.3 is 0 Å². The molecule has 3 fully saturated rings. The Balaban J connectivity index is 1.54. The number of amides is 2. The first-order valence-corrected chi connectivity index (χ1v) is 10.4. The second-order valence-electron chi connectivity index (χ2n) is 8.95. The van der Waals surface area contributed by atoms with Gasteiger partial charge in [-0.1, -0.05) is 44.0 Å². The first-order chi connectivity index (χ1) is 13.5. The van der Waals surface area contributed by atoms with Gasteiger partial charge in [0, 0.05) is 36.4 Å². The number of rotatable bonds is 1. The zero-order valence-electron chi connectivity index (χ0n) is 16.6. The topological polar surface area (TPSA) is 53.5 Å². The standard InChI is InChI=1S/C23H27N3O2/c1-15(27)26-17-13-23(2)20(9-5-6-10-21(23)26)25(14-17)22(28)19-12-11-16-7-3-4-8-18(16)24-19/h3-4,7-8,11-12,17,20-21H,5-6,9-10,13-14H2,1-2H3/t17-,20+,21-,23+/m0/s1. The van der Waals surface area contributed by atoms with Crippen LogP contribution in [0.25, 0.3) is 10.9 Å². The summed E-state index contributed by atoms with van der Waals surface area (Å²) < 4.78 is 0. The molecule has 4 atom stereocenters. The number of nitrogens with zero attached hydrogens (tertiary/aromatic N) is 3. The van der Waals surface area contributed by atoms with E-state index < -0.39 is 0 Å². The zero-order valence-corrected chi connectivity index (χ0v) is 16.6. The lowest BCUT2D eigenvalue weighted by Gasteiger charge is -2.46. The summed E-state index contributed by atoms with van der Waals surface area (Å²) in [5.74, 6) is 0.162. The number of fused-ring (bicyclic) bond motifs is 2. The number of para-hydroxylation sites is 1. The van der Waals surface area contributed by atoms with Crippen molar-refractivity contribution in [1.82, 2.24) is 14.8 Å². The number of benzene rings is 1. The van der Waals surface area contributed by atoms with Crippen molar-refractivity contribution in [3.63, 3.8) is 0 Å². The molecule has 5 nitrogen and oxygen atoms in total. The molecule has 0 spiro atoms. The molecule has 1 aliphatic carbocycles. The first-order valence-electron chi connectivity index (χ1n) is 10.4. The van der Waals surface area contributed by atoms with Crippen molar-refractivity contribution in [2.24, 2.45) is 5.41 Å². The Kier molecular flexibility index (Phi) is 3.97. The lowest BCUT2D eigenvalue weighted by molar-refractivity contribution is -0.132. The van der Waals surface area contributed by atoms with Crippen LogP contribution in [-0.2, 0) is 4.79 Å². The fourth-order valence-corrected chi connectivity index (χ4v) is 6.20. The largest absolute Gasteiger partial charge is 0.335 e. The van der Waals surface area contributed by atoms with Crippen molar-refractivity contribution in [1.29, 1.82) is 0 Å². The molecule has 1 saturated carbocycles. The van der Waals surface area contributed by atoms with Gasteiger partial charge in [0.25, 0.3) is 5.91 Å². The van der Waals surface area contributed by atoms with Crippen molar-refractivity contribution in [3.8, 4) is 0 Å². The van der Waals surface area contributed by atoms with Crippen LogP contribution in [-0.4, -0.2) is 51.3 Å². The zero-order chi connectivity index (χ0) is 19.5.